The lowest BCUT2D eigenvalue weighted by atomic mass is 9.84. The highest BCUT2D eigenvalue weighted by Gasteiger charge is 2.14. The standard InChI is InChI=1S/C19H28/c1-6-8-9-10-11-12-17-15-18(19(3,4)5)14-13-16(17)7-2/h13-15H,6-8,11-12H2,1-5H3. The van der Waals surface area contributed by atoms with Crippen molar-refractivity contribution in [3.05, 3.63) is 34.9 Å². The van der Waals surface area contributed by atoms with Gasteiger partial charge in [0.05, 0.1) is 0 Å². The molecule has 1 rings (SSSR count). The van der Waals surface area contributed by atoms with Crippen LogP contribution in [0.4, 0.5) is 0 Å². The van der Waals surface area contributed by atoms with E-state index in [9.17, 15) is 0 Å². The van der Waals surface area contributed by atoms with Crippen molar-refractivity contribution in [2.75, 3.05) is 0 Å². The van der Waals surface area contributed by atoms with Gasteiger partial charge in [0, 0.05) is 12.8 Å². The van der Waals surface area contributed by atoms with Crippen LogP contribution in [-0.2, 0) is 18.3 Å². The van der Waals surface area contributed by atoms with E-state index in [0.29, 0.717) is 0 Å². The molecule has 0 aliphatic heterocycles. The molecule has 0 atom stereocenters. The Balaban J connectivity index is 2.83. The van der Waals surface area contributed by atoms with Crippen molar-refractivity contribution in [3.63, 3.8) is 0 Å². The van der Waals surface area contributed by atoms with Crippen LogP contribution in [0.2, 0.25) is 0 Å². The van der Waals surface area contributed by atoms with Crippen molar-refractivity contribution >= 4 is 0 Å². The second-order valence-corrected chi connectivity index (χ2v) is 6.19. The maximum Gasteiger partial charge on any atom is 0.0129 e. The van der Waals surface area contributed by atoms with Gasteiger partial charge in [0.2, 0.25) is 0 Å². The van der Waals surface area contributed by atoms with Crippen molar-refractivity contribution in [3.8, 4) is 11.8 Å². The molecular weight excluding hydrogens is 228 g/mol. The number of aryl methyl sites for hydroxylation is 2. The SMILES string of the molecule is CCCC#CCCc1cc(C(C)(C)C)ccc1CC. The van der Waals surface area contributed by atoms with Crippen LogP contribution in [0.1, 0.15) is 70.6 Å². The molecule has 0 saturated heterocycles. The highest BCUT2D eigenvalue weighted by molar-refractivity contribution is 5.35. The van der Waals surface area contributed by atoms with E-state index in [1.165, 1.54) is 16.7 Å². The van der Waals surface area contributed by atoms with Crippen molar-refractivity contribution < 1.29 is 0 Å². The first-order valence-electron chi connectivity index (χ1n) is 7.57. The molecule has 104 valence electrons. The molecule has 0 aliphatic rings. The number of rotatable bonds is 4. The molecule has 0 saturated carbocycles. The van der Waals surface area contributed by atoms with Crippen molar-refractivity contribution in [2.24, 2.45) is 0 Å². The molecule has 19 heavy (non-hydrogen) atoms. The second-order valence-electron chi connectivity index (χ2n) is 6.19. The zero-order chi connectivity index (χ0) is 14.3. The van der Waals surface area contributed by atoms with Gasteiger partial charge in [0.1, 0.15) is 0 Å². The highest BCUT2D eigenvalue weighted by Crippen LogP contribution is 2.25. The Morgan fingerprint density at radius 1 is 0.947 bits per heavy atom. The molecule has 0 radical (unpaired) electrons. The molecule has 0 nitrogen and oxygen atoms in total. The van der Waals surface area contributed by atoms with Gasteiger partial charge in [-0.3, -0.25) is 0 Å². The zero-order valence-electron chi connectivity index (χ0n) is 13.3. The normalized spacial score (nSPS) is 11.0. The van der Waals surface area contributed by atoms with Gasteiger partial charge in [-0.15, -0.1) is 11.8 Å². The summed E-state index contributed by atoms with van der Waals surface area (Å²) in [6, 6.07) is 6.97. The van der Waals surface area contributed by atoms with Crippen molar-refractivity contribution in [1.29, 1.82) is 0 Å². The molecule has 0 spiro atoms. The fraction of sp³-hybridized carbons (Fsp3) is 0.579. The molecule has 0 heteroatoms. The lowest BCUT2D eigenvalue weighted by molar-refractivity contribution is 0.589. The Kier molecular flexibility index (Phi) is 6.16. The first kappa shape index (κ1) is 15.8. The van der Waals surface area contributed by atoms with E-state index in [1.807, 2.05) is 0 Å². The first-order valence-corrected chi connectivity index (χ1v) is 7.57. The van der Waals surface area contributed by atoms with Gasteiger partial charge in [0.15, 0.2) is 0 Å². The molecule has 0 unspecified atom stereocenters. The number of hydrogen-bond acceptors (Lipinski definition) is 0. The van der Waals surface area contributed by atoms with Gasteiger partial charge in [-0.1, -0.05) is 52.8 Å². The zero-order valence-corrected chi connectivity index (χ0v) is 13.3. The molecule has 0 N–H and O–H groups in total. The fourth-order valence-corrected chi connectivity index (χ4v) is 2.17. The minimum atomic E-state index is 0.231. The van der Waals surface area contributed by atoms with Gasteiger partial charge in [-0.25, -0.2) is 0 Å². The molecule has 0 bridgehead atoms. The van der Waals surface area contributed by atoms with E-state index in [-0.39, 0.29) is 5.41 Å². The lowest BCUT2D eigenvalue weighted by Gasteiger charge is -2.21. The quantitative estimate of drug-likeness (QED) is 0.643. The summed E-state index contributed by atoms with van der Waals surface area (Å²) in [5, 5.41) is 0. The molecule has 0 aliphatic carbocycles. The summed E-state index contributed by atoms with van der Waals surface area (Å²) in [5.74, 6) is 6.53. The van der Waals surface area contributed by atoms with E-state index in [4.69, 9.17) is 0 Å². The van der Waals surface area contributed by atoms with E-state index >= 15 is 0 Å². The fourth-order valence-electron chi connectivity index (χ4n) is 2.17. The summed E-state index contributed by atoms with van der Waals surface area (Å²) in [6.45, 7) is 11.2. The predicted octanol–water partition coefficient (Wildman–Crippen LogP) is 5.28. The van der Waals surface area contributed by atoms with Crippen LogP contribution in [0.5, 0.6) is 0 Å². The summed E-state index contributed by atoms with van der Waals surface area (Å²) < 4.78 is 0. The van der Waals surface area contributed by atoms with E-state index in [0.717, 1.165) is 32.1 Å². The van der Waals surface area contributed by atoms with Crippen LogP contribution in [0.3, 0.4) is 0 Å². The Morgan fingerprint density at radius 3 is 2.21 bits per heavy atom. The number of hydrogen-bond donors (Lipinski definition) is 0. The third-order valence-electron chi connectivity index (χ3n) is 3.47. The second kappa shape index (κ2) is 7.39. The average molecular weight is 256 g/mol. The predicted molar refractivity (Wildman–Crippen MR) is 85.5 cm³/mol. The molecule has 0 heterocycles. The first-order chi connectivity index (χ1) is 8.99. The summed E-state index contributed by atoms with van der Waals surface area (Å²) in [6.07, 6.45) is 5.38. The molecule has 1 aromatic carbocycles. The topological polar surface area (TPSA) is 0 Å². The molecule has 0 amide bonds. The van der Waals surface area contributed by atoms with E-state index in [1.54, 1.807) is 0 Å². The van der Waals surface area contributed by atoms with Crippen LogP contribution in [0, 0.1) is 11.8 Å². The molecule has 1 aromatic rings. The third-order valence-corrected chi connectivity index (χ3v) is 3.47. The molecule has 0 aromatic heterocycles. The highest BCUT2D eigenvalue weighted by atomic mass is 14.2. The van der Waals surface area contributed by atoms with Gasteiger partial charge in [-0.2, -0.15) is 0 Å². The van der Waals surface area contributed by atoms with E-state index in [2.05, 4.69) is 64.7 Å². The monoisotopic (exact) mass is 256 g/mol. The average Bonchev–Trinajstić information content (AvgIpc) is 2.37. The smallest absolute Gasteiger partial charge is 0.0129 e. The maximum absolute atomic E-state index is 3.29. The Bertz CT molecular complexity index is 449. The third kappa shape index (κ3) is 5.11. The number of benzene rings is 1. The lowest BCUT2D eigenvalue weighted by Crippen LogP contribution is -2.12. The van der Waals surface area contributed by atoms with Gasteiger partial charge in [-0.05, 0) is 41.4 Å². The largest absolute Gasteiger partial charge is 0.103 e. The van der Waals surface area contributed by atoms with Gasteiger partial charge < -0.3 is 0 Å². The minimum absolute atomic E-state index is 0.231. The van der Waals surface area contributed by atoms with Crippen LogP contribution in [0.25, 0.3) is 0 Å². The van der Waals surface area contributed by atoms with Crippen molar-refractivity contribution in [1.82, 2.24) is 0 Å². The summed E-state index contributed by atoms with van der Waals surface area (Å²) in [4.78, 5) is 0. The Labute approximate surface area is 119 Å². The maximum atomic E-state index is 3.29. The minimum Gasteiger partial charge on any atom is -0.103 e. The van der Waals surface area contributed by atoms with Crippen LogP contribution in [-0.4, -0.2) is 0 Å². The molecular formula is C19H28. The summed E-state index contributed by atoms with van der Waals surface area (Å²) >= 11 is 0. The summed E-state index contributed by atoms with van der Waals surface area (Å²) in [5.41, 5.74) is 4.63. The van der Waals surface area contributed by atoms with Crippen LogP contribution in [0.15, 0.2) is 18.2 Å². The van der Waals surface area contributed by atoms with E-state index < -0.39 is 0 Å². The Morgan fingerprint density at radius 2 is 1.63 bits per heavy atom. The molecule has 0 fully saturated rings. The Hall–Kier alpha value is -1.22. The van der Waals surface area contributed by atoms with Crippen LogP contribution < -0.4 is 0 Å². The van der Waals surface area contributed by atoms with Gasteiger partial charge in [0.25, 0.3) is 0 Å². The van der Waals surface area contributed by atoms with Gasteiger partial charge >= 0.3 is 0 Å². The summed E-state index contributed by atoms with van der Waals surface area (Å²) in [7, 11) is 0. The van der Waals surface area contributed by atoms with Crippen LogP contribution >= 0.6 is 0 Å². The number of unbranched alkanes of at least 4 members (excludes halogenated alkanes) is 1. The van der Waals surface area contributed by atoms with Crippen molar-refractivity contribution in [2.45, 2.75) is 72.1 Å².